The van der Waals surface area contributed by atoms with Gasteiger partial charge in [0.2, 0.25) is 0 Å². The first-order valence-electron chi connectivity index (χ1n) is 6.60. The van der Waals surface area contributed by atoms with Gasteiger partial charge in [-0.15, -0.1) is 0 Å². The molecule has 0 saturated heterocycles. The van der Waals surface area contributed by atoms with Crippen molar-refractivity contribution in [2.45, 2.75) is 6.54 Å². The van der Waals surface area contributed by atoms with E-state index in [1.165, 1.54) is 0 Å². The van der Waals surface area contributed by atoms with Crippen molar-refractivity contribution in [2.75, 3.05) is 7.11 Å². The zero-order valence-corrected chi connectivity index (χ0v) is 13.1. The van der Waals surface area contributed by atoms with Crippen LogP contribution in [0.3, 0.4) is 0 Å². The Hall–Kier alpha value is -2.07. The number of fused-ring (bicyclic) bond motifs is 1. The Morgan fingerprint density at radius 3 is 2.52 bits per heavy atom. The second kappa shape index (κ2) is 5.74. The van der Waals surface area contributed by atoms with E-state index < -0.39 is 0 Å². The van der Waals surface area contributed by atoms with Gasteiger partial charge in [0, 0.05) is 5.39 Å². The standard InChI is InChI=1S/C17H14BrNO2/c1-21-14-8-6-12(7-9-14)11-19-16(18)10-13-4-2-3-5-15(13)17(19)20/h2-10H,11H2,1H3. The molecule has 1 aromatic heterocycles. The average Bonchev–Trinajstić information content (AvgIpc) is 2.52. The van der Waals surface area contributed by atoms with Crippen LogP contribution in [-0.4, -0.2) is 11.7 Å². The zero-order valence-electron chi connectivity index (χ0n) is 11.5. The summed E-state index contributed by atoms with van der Waals surface area (Å²) in [6.07, 6.45) is 0. The highest BCUT2D eigenvalue weighted by atomic mass is 79.9. The Morgan fingerprint density at radius 1 is 1.10 bits per heavy atom. The van der Waals surface area contributed by atoms with E-state index >= 15 is 0 Å². The van der Waals surface area contributed by atoms with Crippen molar-refractivity contribution in [1.82, 2.24) is 4.57 Å². The second-order valence-electron chi connectivity index (χ2n) is 4.79. The highest BCUT2D eigenvalue weighted by molar-refractivity contribution is 9.10. The van der Waals surface area contributed by atoms with Crippen molar-refractivity contribution in [3.63, 3.8) is 0 Å². The Balaban J connectivity index is 2.05. The molecule has 0 fully saturated rings. The van der Waals surface area contributed by atoms with Crippen LogP contribution in [0.4, 0.5) is 0 Å². The van der Waals surface area contributed by atoms with Gasteiger partial charge in [-0.3, -0.25) is 9.36 Å². The van der Waals surface area contributed by atoms with Gasteiger partial charge < -0.3 is 4.74 Å². The smallest absolute Gasteiger partial charge is 0.259 e. The van der Waals surface area contributed by atoms with Crippen LogP contribution in [0.5, 0.6) is 5.75 Å². The molecule has 106 valence electrons. The van der Waals surface area contributed by atoms with Gasteiger partial charge in [0.1, 0.15) is 5.75 Å². The minimum atomic E-state index is 0.00999. The molecule has 3 nitrogen and oxygen atoms in total. The first-order valence-corrected chi connectivity index (χ1v) is 7.39. The number of ether oxygens (including phenoxy) is 1. The van der Waals surface area contributed by atoms with E-state index in [1.807, 2.05) is 54.6 Å². The van der Waals surface area contributed by atoms with Gasteiger partial charge in [-0.25, -0.2) is 0 Å². The largest absolute Gasteiger partial charge is 0.497 e. The molecule has 0 radical (unpaired) electrons. The monoisotopic (exact) mass is 343 g/mol. The number of hydrogen-bond acceptors (Lipinski definition) is 2. The van der Waals surface area contributed by atoms with Crippen LogP contribution in [0.1, 0.15) is 5.56 Å². The van der Waals surface area contributed by atoms with E-state index in [1.54, 1.807) is 11.7 Å². The summed E-state index contributed by atoms with van der Waals surface area (Å²) in [5.74, 6) is 0.809. The third kappa shape index (κ3) is 2.72. The molecule has 3 aromatic rings. The minimum absolute atomic E-state index is 0.00999. The number of hydrogen-bond donors (Lipinski definition) is 0. The first-order chi connectivity index (χ1) is 10.2. The Kier molecular flexibility index (Phi) is 3.80. The van der Waals surface area contributed by atoms with Crippen molar-refractivity contribution in [2.24, 2.45) is 0 Å². The normalized spacial score (nSPS) is 10.8. The summed E-state index contributed by atoms with van der Waals surface area (Å²) in [6, 6.07) is 17.3. The lowest BCUT2D eigenvalue weighted by Gasteiger charge is -2.11. The van der Waals surface area contributed by atoms with Crippen LogP contribution < -0.4 is 10.3 Å². The summed E-state index contributed by atoms with van der Waals surface area (Å²) in [7, 11) is 1.64. The van der Waals surface area contributed by atoms with Crippen LogP contribution >= 0.6 is 15.9 Å². The third-order valence-corrected chi connectivity index (χ3v) is 4.13. The number of rotatable bonds is 3. The predicted octanol–water partition coefficient (Wildman–Crippen LogP) is 3.82. The topological polar surface area (TPSA) is 31.2 Å². The molecule has 0 saturated carbocycles. The van der Waals surface area contributed by atoms with Gasteiger partial charge in [-0.2, -0.15) is 0 Å². The molecule has 0 unspecified atom stereocenters. The minimum Gasteiger partial charge on any atom is -0.497 e. The molecule has 0 bridgehead atoms. The third-order valence-electron chi connectivity index (χ3n) is 3.47. The summed E-state index contributed by atoms with van der Waals surface area (Å²) in [5.41, 5.74) is 1.06. The zero-order chi connectivity index (χ0) is 14.8. The van der Waals surface area contributed by atoms with E-state index in [2.05, 4.69) is 15.9 Å². The molecule has 0 aliphatic rings. The first kappa shape index (κ1) is 13.9. The van der Waals surface area contributed by atoms with E-state index in [0.717, 1.165) is 26.7 Å². The lowest BCUT2D eigenvalue weighted by atomic mass is 10.1. The van der Waals surface area contributed by atoms with Crippen LogP contribution in [0.25, 0.3) is 10.8 Å². The molecule has 3 rings (SSSR count). The molecule has 4 heteroatoms. The number of aromatic nitrogens is 1. The highest BCUT2D eigenvalue weighted by Gasteiger charge is 2.07. The van der Waals surface area contributed by atoms with Crippen LogP contribution in [-0.2, 0) is 6.54 Å². The summed E-state index contributed by atoms with van der Waals surface area (Å²) in [5, 5.41) is 1.68. The van der Waals surface area contributed by atoms with Gasteiger partial charge in [-0.05, 0) is 51.1 Å². The quantitative estimate of drug-likeness (QED) is 0.677. The summed E-state index contributed by atoms with van der Waals surface area (Å²) in [4.78, 5) is 12.6. The maximum atomic E-state index is 12.6. The Morgan fingerprint density at radius 2 is 1.81 bits per heavy atom. The molecule has 0 spiro atoms. The van der Waals surface area contributed by atoms with Crippen molar-refractivity contribution in [3.8, 4) is 5.75 Å². The van der Waals surface area contributed by atoms with E-state index in [-0.39, 0.29) is 5.56 Å². The fourth-order valence-electron chi connectivity index (χ4n) is 2.33. The second-order valence-corrected chi connectivity index (χ2v) is 5.61. The van der Waals surface area contributed by atoms with E-state index in [0.29, 0.717) is 6.54 Å². The predicted molar refractivity (Wildman–Crippen MR) is 88.0 cm³/mol. The molecule has 0 atom stereocenters. The Bertz CT molecular complexity index is 838. The highest BCUT2D eigenvalue weighted by Crippen LogP contribution is 2.18. The fourth-order valence-corrected chi connectivity index (χ4v) is 2.86. The Labute approximate surface area is 130 Å². The molecule has 0 amide bonds. The maximum Gasteiger partial charge on any atom is 0.259 e. The summed E-state index contributed by atoms with van der Waals surface area (Å²) >= 11 is 3.49. The van der Waals surface area contributed by atoms with Gasteiger partial charge >= 0.3 is 0 Å². The van der Waals surface area contributed by atoms with Crippen LogP contribution in [0.15, 0.2) is 64.0 Å². The van der Waals surface area contributed by atoms with Crippen molar-refractivity contribution in [1.29, 1.82) is 0 Å². The summed E-state index contributed by atoms with van der Waals surface area (Å²) < 4.78 is 7.65. The lowest BCUT2D eigenvalue weighted by Crippen LogP contribution is -2.21. The van der Waals surface area contributed by atoms with E-state index in [4.69, 9.17) is 4.74 Å². The van der Waals surface area contributed by atoms with Crippen LogP contribution in [0.2, 0.25) is 0 Å². The number of pyridine rings is 1. The fraction of sp³-hybridized carbons (Fsp3) is 0.118. The molecular weight excluding hydrogens is 330 g/mol. The van der Waals surface area contributed by atoms with Crippen molar-refractivity contribution < 1.29 is 4.74 Å². The molecule has 21 heavy (non-hydrogen) atoms. The lowest BCUT2D eigenvalue weighted by molar-refractivity contribution is 0.414. The number of methoxy groups -OCH3 is 1. The van der Waals surface area contributed by atoms with Gasteiger partial charge in [0.05, 0.1) is 18.3 Å². The maximum absolute atomic E-state index is 12.6. The van der Waals surface area contributed by atoms with Crippen LogP contribution in [0, 0.1) is 0 Å². The molecule has 0 aliphatic carbocycles. The van der Waals surface area contributed by atoms with Gasteiger partial charge in [0.25, 0.3) is 5.56 Å². The molecule has 0 aliphatic heterocycles. The number of nitrogens with zero attached hydrogens (tertiary/aromatic N) is 1. The van der Waals surface area contributed by atoms with Gasteiger partial charge in [0.15, 0.2) is 0 Å². The molecule has 1 heterocycles. The average molecular weight is 344 g/mol. The van der Waals surface area contributed by atoms with Crippen molar-refractivity contribution >= 4 is 26.7 Å². The number of benzene rings is 2. The SMILES string of the molecule is COc1ccc(Cn2c(Br)cc3ccccc3c2=O)cc1. The summed E-state index contributed by atoms with van der Waals surface area (Å²) in [6.45, 7) is 0.522. The molecular formula is C17H14BrNO2. The number of halogens is 1. The van der Waals surface area contributed by atoms with Crippen molar-refractivity contribution in [3.05, 3.63) is 75.1 Å². The van der Waals surface area contributed by atoms with E-state index in [9.17, 15) is 4.79 Å². The van der Waals surface area contributed by atoms with Gasteiger partial charge in [-0.1, -0.05) is 30.3 Å². The molecule has 0 N–H and O–H groups in total. The molecule has 2 aromatic carbocycles.